The highest BCUT2D eigenvalue weighted by Gasteiger charge is 2.10. The molecule has 0 bridgehead atoms. The van der Waals surface area contributed by atoms with E-state index in [1.54, 1.807) is 24.4 Å². The summed E-state index contributed by atoms with van der Waals surface area (Å²) < 4.78 is 27.1. The molecular formula is C18H16ClF2N5. The number of hydrogen-bond acceptors (Lipinski definition) is 5. The first-order chi connectivity index (χ1) is 12.5. The van der Waals surface area contributed by atoms with Crippen molar-refractivity contribution < 1.29 is 8.78 Å². The smallest absolute Gasteiger partial charge is 0.182 e. The molecule has 0 aliphatic rings. The van der Waals surface area contributed by atoms with Crippen LogP contribution < -0.4 is 16.9 Å². The average molecular weight is 376 g/mol. The number of anilines is 3. The molecule has 2 aromatic carbocycles. The third-order valence-corrected chi connectivity index (χ3v) is 3.57. The van der Waals surface area contributed by atoms with E-state index in [0.29, 0.717) is 10.7 Å². The summed E-state index contributed by atoms with van der Waals surface area (Å²) in [5.41, 5.74) is 7.85. The lowest BCUT2D eigenvalue weighted by Crippen LogP contribution is -2.01. The number of benzene rings is 2. The maximum Gasteiger partial charge on any atom is 0.182 e. The van der Waals surface area contributed by atoms with Gasteiger partial charge in [0.25, 0.3) is 0 Å². The largest absolute Gasteiger partial charge is 0.382 e. The molecule has 0 saturated heterocycles. The number of halogens is 3. The van der Waals surface area contributed by atoms with Crippen LogP contribution in [0.25, 0.3) is 11.1 Å². The van der Waals surface area contributed by atoms with Crippen molar-refractivity contribution in [3.63, 3.8) is 0 Å². The molecule has 0 amide bonds. The second kappa shape index (κ2) is 8.77. The summed E-state index contributed by atoms with van der Waals surface area (Å²) in [6.45, 7) is 2.89. The average Bonchev–Trinajstić information content (AvgIpc) is 2.62. The third-order valence-electron chi connectivity index (χ3n) is 3.32. The van der Waals surface area contributed by atoms with Crippen LogP contribution in [0.2, 0.25) is 5.02 Å². The standard InChI is InChI=1S/C17H12ClF2N3.CH4N2/c18-12-6-4-10(5-7-12)11-8-15(17(21)22-9-11)23-14-3-1-2-13(19)16(14)20;1-3-2/h1-9,23H,(H2,21,22);1-2H2. The van der Waals surface area contributed by atoms with Crippen LogP contribution in [0.3, 0.4) is 0 Å². The van der Waals surface area contributed by atoms with Crippen molar-refractivity contribution in [1.29, 1.82) is 0 Å². The van der Waals surface area contributed by atoms with Crippen molar-refractivity contribution in [2.45, 2.75) is 0 Å². The summed E-state index contributed by atoms with van der Waals surface area (Å²) in [7, 11) is 0. The Morgan fingerprint density at radius 1 is 1.04 bits per heavy atom. The Balaban J connectivity index is 0.000000758. The van der Waals surface area contributed by atoms with Crippen LogP contribution in [0, 0.1) is 11.6 Å². The first-order valence-corrected chi connectivity index (χ1v) is 7.72. The van der Waals surface area contributed by atoms with Gasteiger partial charge >= 0.3 is 0 Å². The SMILES string of the molecule is C=NN.Nc1ncc(-c2ccc(Cl)cc2)cc1Nc1cccc(F)c1F. The van der Waals surface area contributed by atoms with E-state index in [-0.39, 0.29) is 11.5 Å². The minimum absolute atomic E-state index is 0.00763. The van der Waals surface area contributed by atoms with Gasteiger partial charge in [0.05, 0.1) is 11.4 Å². The maximum absolute atomic E-state index is 13.8. The Kier molecular flexibility index (Phi) is 6.46. The molecule has 3 aromatic rings. The van der Waals surface area contributed by atoms with E-state index >= 15 is 0 Å². The Labute approximate surface area is 154 Å². The number of rotatable bonds is 3. The molecular weight excluding hydrogens is 360 g/mol. The van der Waals surface area contributed by atoms with Crippen molar-refractivity contribution in [1.82, 2.24) is 4.98 Å². The predicted octanol–water partition coefficient (Wildman–Crippen LogP) is 4.57. The van der Waals surface area contributed by atoms with E-state index in [1.807, 2.05) is 12.1 Å². The molecule has 3 rings (SSSR count). The molecule has 0 atom stereocenters. The lowest BCUT2D eigenvalue weighted by Gasteiger charge is -2.12. The zero-order valence-corrected chi connectivity index (χ0v) is 14.3. The van der Waals surface area contributed by atoms with E-state index < -0.39 is 11.6 Å². The molecule has 0 unspecified atom stereocenters. The molecule has 0 aliphatic carbocycles. The first kappa shape index (κ1) is 19.1. The number of nitrogens with zero attached hydrogens (tertiary/aromatic N) is 2. The van der Waals surface area contributed by atoms with Crippen molar-refractivity contribution in [2.75, 3.05) is 11.1 Å². The fourth-order valence-corrected chi connectivity index (χ4v) is 2.25. The van der Waals surface area contributed by atoms with Crippen molar-refractivity contribution in [3.8, 4) is 11.1 Å². The van der Waals surface area contributed by atoms with Crippen LogP contribution in [0.5, 0.6) is 0 Å². The second-order valence-electron chi connectivity index (χ2n) is 5.07. The van der Waals surface area contributed by atoms with Gasteiger partial charge in [-0.2, -0.15) is 5.10 Å². The van der Waals surface area contributed by atoms with E-state index in [1.165, 1.54) is 12.1 Å². The highest BCUT2D eigenvalue weighted by molar-refractivity contribution is 6.30. The number of aromatic nitrogens is 1. The van der Waals surface area contributed by atoms with Gasteiger partial charge in [-0.3, -0.25) is 0 Å². The van der Waals surface area contributed by atoms with E-state index in [2.05, 4.69) is 28.0 Å². The normalized spacial score (nSPS) is 9.81. The predicted molar refractivity (Wildman–Crippen MR) is 102 cm³/mol. The molecule has 5 nitrogen and oxygen atoms in total. The topological polar surface area (TPSA) is 89.3 Å². The molecule has 8 heteroatoms. The molecule has 0 fully saturated rings. The molecule has 1 aromatic heterocycles. The van der Waals surface area contributed by atoms with Gasteiger partial charge in [-0.05, 0) is 35.9 Å². The van der Waals surface area contributed by atoms with Gasteiger partial charge in [-0.25, -0.2) is 13.8 Å². The Morgan fingerprint density at radius 3 is 2.35 bits per heavy atom. The summed E-state index contributed by atoms with van der Waals surface area (Å²) in [6.07, 6.45) is 1.60. The fraction of sp³-hybridized carbons (Fsp3) is 0. The van der Waals surface area contributed by atoms with E-state index in [9.17, 15) is 8.78 Å². The van der Waals surface area contributed by atoms with Crippen molar-refractivity contribution >= 4 is 35.5 Å². The lowest BCUT2D eigenvalue weighted by molar-refractivity contribution is 0.512. The molecule has 1 heterocycles. The van der Waals surface area contributed by atoms with Gasteiger partial charge in [-0.15, -0.1) is 0 Å². The zero-order valence-electron chi connectivity index (χ0n) is 13.6. The minimum Gasteiger partial charge on any atom is -0.382 e. The first-order valence-electron chi connectivity index (χ1n) is 7.34. The molecule has 5 N–H and O–H groups in total. The van der Waals surface area contributed by atoms with Crippen LogP contribution in [-0.4, -0.2) is 11.7 Å². The van der Waals surface area contributed by atoms with E-state index in [4.69, 9.17) is 17.3 Å². The second-order valence-corrected chi connectivity index (χ2v) is 5.51. The van der Waals surface area contributed by atoms with Crippen LogP contribution in [0.1, 0.15) is 0 Å². The number of nitrogens with two attached hydrogens (primary N) is 2. The number of hydrogen-bond donors (Lipinski definition) is 3. The van der Waals surface area contributed by atoms with Gasteiger partial charge < -0.3 is 16.9 Å². The van der Waals surface area contributed by atoms with Crippen molar-refractivity contribution in [2.24, 2.45) is 10.9 Å². The number of nitrogens with one attached hydrogen (secondary N) is 1. The van der Waals surface area contributed by atoms with Crippen LogP contribution in [0.4, 0.5) is 26.0 Å². The Morgan fingerprint density at radius 2 is 1.69 bits per heavy atom. The van der Waals surface area contributed by atoms with Gasteiger partial charge in [0.15, 0.2) is 11.6 Å². The summed E-state index contributed by atoms with van der Waals surface area (Å²) in [5.74, 6) is 2.64. The number of hydrazone groups is 1. The molecule has 26 heavy (non-hydrogen) atoms. The van der Waals surface area contributed by atoms with Gasteiger partial charge in [0.2, 0.25) is 0 Å². The summed E-state index contributed by atoms with van der Waals surface area (Å²) in [4.78, 5) is 4.09. The molecule has 0 saturated carbocycles. The van der Waals surface area contributed by atoms with Crippen LogP contribution >= 0.6 is 11.6 Å². The lowest BCUT2D eigenvalue weighted by atomic mass is 10.1. The minimum atomic E-state index is -0.969. The molecule has 134 valence electrons. The molecule has 0 aliphatic heterocycles. The summed E-state index contributed by atoms with van der Waals surface area (Å²) >= 11 is 5.87. The molecule has 0 spiro atoms. The summed E-state index contributed by atoms with van der Waals surface area (Å²) in [6, 6.07) is 12.8. The maximum atomic E-state index is 13.8. The zero-order chi connectivity index (χ0) is 19.1. The van der Waals surface area contributed by atoms with Gasteiger partial charge in [-0.1, -0.05) is 29.8 Å². The quantitative estimate of drug-likeness (QED) is 0.355. The van der Waals surface area contributed by atoms with Gasteiger partial charge in [0, 0.05) is 23.5 Å². The monoisotopic (exact) mass is 375 g/mol. The van der Waals surface area contributed by atoms with Gasteiger partial charge in [0.1, 0.15) is 5.82 Å². The Hall–Kier alpha value is -3.19. The van der Waals surface area contributed by atoms with Crippen LogP contribution in [-0.2, 0) is 0 Å². The Bertz CT molecular complexity index is 901. The third kappa shape index (κ3) is 4.67. The number of nitrogen functional groups attached to an aromatic ring is 1. The number of pyridine rings is 1. The molecule has 0 radical (unpaired) electrons. The summed E-state index contributed by atoms with van der Waals surface area (Å²) in [5, 5.41) is 6.15. The fourth-order valence-electron chi connectivity index (χ4n) is 2.12. The van der Waals surface area contributed by atoms with E-state index in [0.717, 1.165) is 17.2 Å². The van der Waals surface area contributed by atoms with Crippen LogP contribution in [0.15, 0.2) is 59.8 Å². The highest BCUT2D eigenvalue weighted by atomic mass is 35.5. The highest BCUT2D eigenvalue weighted by Crippen LogP contribution is 2.29. The van der Waals surface area contributed by atoms with Crippen molar-refractivity contribution in [3.05, 3.63) is 71.4 Å².